The summed E-state index contributed by atoms with van der Waals surface area (Å²) in [5.41, 5.74) is 1.35. The second-order valence-electron chi connectivity index (χ2n) is 12.3. The lowest BCUT2D eigenvalue weighted by molar-refractivity contribution is -0.136. The van der Waals surface area contributed by atoms with Crippen molar-refractivity contribution in [2.24, 2.45) is 0 Å². The fourth-order valence-electron chi connectivity index (χ4n) is 7.19. The van der Waals surface area contributed by atoms with Crippen LogP contribution in [0, 0.1) is 0 Å². The number of benzene rings is 1. The van der Waals surface area contributed by atoms with Crippen LogP contribution in [0.5, 0.6) is 0 Å². The van der Waals surface area contributed by atoms with Crippen LogP contribution >= 0.6 is 0 Å². The summed E-state index contributed by atoms with van der Waals surface area (Å²) in [6.45, 7) is 3.57. The molecule has 1 atom stereocenters. The molecule has 0 bridgehead atoms. The predicted molar refractivity (Wildman–Crippen MR) is 154 cm³/mol. The molecule has 42 heavy (non-hydrogen) atoms. The van der Waals surface area contributed by atoms with Gasteiger partial charge in [0, 0.05) is 38.6 Å². The first-order chi connectivity index (χ1) is 20.4. The van der Waals surface area contributed by atoms with E-state index >= 15 is 0 Å². The van der Waals surface area contributed by atoms with Gasteiger partial charge in [-0.25, -0.2) is 0 Å². The number of ether oxygens (including phenoxy) is 1. The maximum atomic E-state index is 13.5. The average Bonchev–Trinajstić information content (AvgIpc) is 3.24. The molecule has 4 aliphatic heterocycles. The van der Waals surface area contributed by atoms with Gasteiger partial charge in [0.2, 0.25) is 17.7 Å². The number of hydrogen-bond acceptors (Lipinski definition) is 8. The van der Waals surface area contributed by atoms with Gasteiger partial charge in [0.1, 0.15) is 6.04 Å². The van der Waals surface area contributed by atoms with Crippen molar-refractivity contribution >= 4 is 35.2 Å². The van der Waals surface area contributed by atoms with Crippen molar-refractivity contribution in [3.63, 3.8) is 0 Å². The van der Waals surface area contributed by atoms with E-state index in [-0.39, 0.29) is 36.9 Å². The van der Waals surface area contributed by atoms with Crippen molar-refractivity contribution in [2.75, 3.05) is 37.6 Å². The minimum atomic E-state index is -0.972. The van der Waals surface area contributed by atoms with Crippen molar-refractivity contribution in [3.8, 4) is 0 Å². The van der Waals surface area contributed by atoms with Gasteiger partial charge in [-0.1, -0.05) is 25.3 Å². The molecule has 5 aliphatic rings. The highest BCUT2D eigenvalue weighted by Crippen LogP contribution is 2.35. The lowest BCUT2D eigenvalue weighted by Crippen LogP contribution is -2.54. The van der Waals surface area contributed by atoms with Gasteiger partial charge in [-0.05, 0) is 57.1 Å². The number of amides is 5. The maximum absolute atomic E-state index is 13.5. The van der Waals surface area contributed by atoms with Gasteiger partial charge in [-0.15, -0.1) is 0 Å². The molecule has 2 N–H and O–H groups in total. The van der Waals surface area contributed by atoms with Crippen LogP contribution in [0.4, 0.5) is 5.69 Å². The van der Waals surface area contributed by atoms with Crippen molar-refractivity contribution in [3.05, 3.63) is 29.3 Å². The quantitative estimate of drug-likeness (QED) is 0.470. The SMILES string of the molecule is O=C1CCC(N2C(=O)c3cccc(N4CCC(OC5CCN(CC(=O)NC6CCCCC6)CC5)CC4)c3C2=O)C(=O)N1. The number of piperidine rings is 3. The van der Waals surface area contributed by atoms with Crippen molar-refractivity contribution in [2.45, 2.75) is 94.9 Å². The van der Waals surface area contributed by atoms with Gasteiger partial charge in [-0.3, -0.25) is 39.1 Å². The van der Waals surface area contributed by atoms with Crippen LogP contribution in [0.1, 0.15) is 91.3 Å². The molecule has 226 valence electrons. The minimum absolute atomic E-state index is 0.0962. The van der Waals surface area contributed by atoms with Gasteiger partial charge in [0.25, 0.3) is 11.8 Å². The molecule has 1 unspecified atom stereocenters. The fraction of sp³-hybridized carbons (Fsp3) is 0.645. The van der Waals surface area contributed by atoms with Gasteiger partial charge < -0.3 is 15.0 Å². The van der Waals surface area contributed by atoms with Crippen LogP contribution < -0.4 is 15.5 Å². The molecule has 3 saturated heterocycles. The molecule has 1 saturated carbocycles. The molecule has 1 aromatic carbocycles. The lowest BCUT2D eigenvalue weighted by atomic mass is 9.95. The summed E-state index contributed by atoms with van der Waals surface area (Å²) in [4.78, 5) is 68.6. The second-order valence-corrected chi connectivity index (χ2v) is 12.3. The third-order valence-electron chi connectivity index (χ3n) is 9.49. The van der Waals surface area contributed by atoms with Gasteiger partial charge in [0.05, 0.1) is 35.6 Å². The molecule has 11 nitrogen and oxygen atoms in total. The van der Waals surface area contributed by atoms with Crippen LogP contribution in [0.2, 0.25) is 0 Å². The number of imide groups is 2. The highest BCUT2D eigenvalue weighted by atomic mass is 16.5. The zero-order valence-corrected chi connectivity index (χ0v) is 24.1. The van der Waals surface area contributed by atoms with Crippen LogP contribution in [0.15, 0.2) is 18.2 Å². The summed E-state index contributed by atoms with van der Waals surface area (Å²) < 4.78 is 6.48. The van der Waals surface area contributed by atoms with E-state index in [0.29, 0.717) is 42.5 Å². The number of nitrogens with zero attached hydrogens (tertiary/aromatic N) is 3. The van der Waals surface area contributed by atoms with E-state index in [1.165, 1.54) is 19.3 Å². The van der Waals surface area contributed by atoms with E-state index in [4.69, 9.17) is 4.74 Å². The summed E-state index contributed by atoms with van der Waals surface area (Å²) >= 11 is 0. The number of rotatable bonds is 7. The molecule has 0 aromatic heterocycles. The van der Waals surface area contributed by atoms with E-state index in [1.807, 2.05) is 6.07 Å². The summed E-state index contributed by atoms with van der Waals surface area (Å²) in [6, 6.07) is 4.64. The number of likely N-dealkylation sites (tertiary alicyclic amines) is 1. The first kappa shape index (κ1) is 28.8. The average molecular weight is 580 g/mol. The van der Waals surface area contributed by atoms with Crippen LogP contribution in [-0.2, 0) is 19.1 Å². The van der Waals surface area contributed by atoms with Crippen molar-refractivity contribution in [1.82, 2.24) is 20.4 Å². The smallest absolute Gasteiger partial charge is 0.264 e. The van der Waals surface area contributed by atoms with Crippen LogP contribution in [-0.4, -0.2) is 96.4 Å². The Bertz CT molecular complexity index is 1230. The third-order valence-corrected chi connectivity index (χ3v) is 9.49. The zero-order chi connectivity index (χ0) is 29.2. The molecule has 4 fully saturated rings. The van der Waals surface area contributed by atoms with E-state index < -0.39 is 23.8 Å². The number of nitrogens with one attached hydrogen (secondary N) is 2. The molecule has 11 heteroatoms. The molecule has 1 aromatic rings. The zero-order valence-electron chi connectivity index (χ0n) is 24.1. The topological polar surface area (TPSA) is 128 Å². The molecule has 4 heterocycles. The van der Waals surface area contributed by atoms with E-state index in [9.17, 15) is 24.0 Å². The van der Waals surface area contributed by atoms with Gasteiger partial charge >= 0.3 is 0 Å². The Morgan fingerprint density at radius 2 is 1.55 bits per heavy atom. The Morgan fingerprint density at radius 3 is 2.24 bits per heavy atom. The molecule has 1 aliphatic carbocycles. The standard InChI is InChI=1S/C31H41N5O6/c37-26-10-9-25(29(39)33-26)36-30(40)23-7-4-8-24(28(23)31(36)41)35-17-13-22(14-18-35)42-21-11-15-34(16-12-21)19-27(38)32-20-5-2-1-3-6-20/h4,7-8,20-22,25H,1-3,5-6,9-19H2,(H,32,38)(H,33,37,39). The summed E-state index contributed by atoms with van der Waals surface area (Å²) in [7, 11) is 0. The molecular weight excluding hydrogens is 538 g/mol. The Balaban J connectivity index is 0.986. The van der Waals surface area contributed by atoms with Gasteiger partial charge in [0.15, 0.2) is 0 Å². The molecule has 0 spiro atoms. The largest absolute Gasteiger partial charge is 0.375 e. The van der Waals surface area contributed by atoms with Gasteiger partial charge in [-0.2, -0.15) is 0 Å². The number of hydrogen-bond donors (Lipinski definition) is 2. The monoisotopic (exact) mass is 579 g/mol. The Labute approximate surface area is 246 Å². The first-order valence-electron chi connectivity index (χ1n) is 15.6. The Morgan fingerprint density at radius 1 is 0.857 bits per heavy atom. The number of carbonyl (C=O) groups excluding carboxylic acids is 5. The molecule has 0 radical (unpaired) electrons. The van der Waals surface area contributed by atoms with Crippen LogP contribution in [0.25, 0.3) is 0 Å². The minimum Gasteiger partial charge on any atom is -0.375 e. The third kappa shape index (κ3) is 6.08. The number of carbonyl (C=O) groups is 5. The normalized spacial score (nSPS) is 25.1. The van der Waals surface area contributed by atoms with E-state index in [1.54, 1.807) is 12.1 Å². The predicted octanol–water partition coefficient (Wildman–Crippen LogP) is 1.99. The molecular formula is C31H41N5O6. The number of fused-ring (bicyclic) bond motifs is 1. The maximum Gasteiger partial charge on any atom is 0.264 e. The first-order valence-corrected chi connectivity index (χ1v) is 15.6. The fourth-order valence-corrected chi connectivity index (χ4v) is 7.19. The Kier molecular flexibility index (Phi) is 8.57. The molecule has 5 amide bonds. The van der Waals surface area contributed by atoms with Crippen molar-refractivity contribution in [1.29, 1.82) is 0 Å². The lowest BCUT2D eigenvalue weighted by Gasteiger charge is -2.38. The van der Waals surface area contributed by atoms with E-state index in [0.717, 1.165) is 56.5 Å². The summed E-state index contributed by atoms with van der Waals surface area (Å²) in [5.74, 6) is -1.81. The Hall–Kier alpha value is -3.31. The number of anilines is 1. The summed E-state index contributed by atoms with van der Waals surface area (Å²) in [6.07, 6.45) is 9.89. The summed E-state index contributed by atoms with van der Waals surface area (Å²) in [5, 5.41) is 5.46. The second kappa shape index (κ2) is 12.5. The molecule has 6 rings (SSSR count). The van der Waals surface area contributed by atoms with Crippen LogP contribution in [0.3, 0.4) is 0 Å². The van der Waals surface area contributed by atoms with E-state index in [2.05, 4.69) is 20.4 Å². The van der Waals surface area contributed by atoms with Crippen molar-refractivity contribution < 1.29 is 28.7 Å². The highest BCUT2D eigenvalue weighted by molar-refractivity contribution is 6.25. The highest BCUT2D eigenvalue weighted by Gasteiger charge is 2.46.